The summed E-state index contributed by atoms with van der Waals surface area (Å²) in [5.74, 6) is 0. The highest BCUT2D eigenvalue weighted by molar-refractivity contribution is 4.77. The summed E-state index contributed by atoms with van der Waals surface area (Å²) in [5, 5.41) is 0. The summed E-state index contributed by atoms with van der Waals surface area (Å²) >= 11 is 0. The fourth-order valence-electron chi connectivity index (χ4n) is 1.56. The van der Waals surface area contributed by atoms with Crippen molar-refractivity contribution in [3.63, 3.8) is 0 Å². The van der Waals surface area contributed by atoms with Crippen molar-refractivity contribution in [2.24, 2.45) is 0 Å². The minimum Gasteiger partial charge on any atom is -0.0917 e. The van der Waals surface area contributed by atoms with E-state index >= 15 is 0 Å². The van der Waals surface area contributed by atoms with Gasteiger partial charge in [-0.1, -0.05) is 50.0 Å². The van der Waals surface area contributed by atoms with Crippen molar-refractivity contribution in [2.45, 2.75) is 65.2 Å². The van der Waals surface area contributed by atoms with E-state index in [2.05, 4.69) is 38.2 Å². The van der Waals surface area contributed by atoms with Gasteiger partial charge in [-0.15, -0.1) is 0 Å². The summed E-state index contributed by atoms with van der Waals surface area (Å²) in [6.45, 7) is 4.20. The predicted molar refractivity (Wildman–Crippen MR) is 66.6 cm³/mol. The van der Waals surface area contributed by atoms with Gasteiger partial charge >= 0.3 is 0 Å². The normalized spacial score (nSPS) is 11.9. The van der Waals surface area contributed by atoms with Gasteiger partial charge < -0.3 is 0 Å². The van der Waals surface area contributed by atoms with Crippen LogP contribution in [-0.2, 0) is 0 Å². The van der Waals surface area contributed by atoms with Gasteiger partial charge in [-0.3, -0.25) is 0 Å². The minimum atomic E-state index is 1.27. The second-order valence-corrected chi connectivity index (χ2v) is 3.84. The van der Waals surface area contributed by atoms with Gasteiger partial charge in [0, 0.05) is 0 Å². The van der Waals surface area contributed by atoms with Gasteiger partial charge in [-0.2, -0.15) is 0 Å². The van der Waals surface area contributed by atoms with Crippen LogP contribution in [0.1, 0.15) is 65.2 Å². The zero-order chi connectivity index (χ0) is 10.5. The molecule has 0 fully saturated rings. The first-order valence-electron chi connectivity index (χ1n) is 6.14. The average molecular weight is 194 g/mol. The number of hydrogen-bond acceptors (Lipinski definition) is 0. The highest BCUT2D eigenvalue weighted by Gasteiger charge is 1.89. The van der Waals surface area contributed by atoms with E-state index in [1.165, 1.54) is 51.4 Å². The van der Waals surface area contributed by atoms with Crippen LogP contribution in [0.15, 0.2) is 24.3 Å². The summed E-state index contributed by atoms with van der Waals surface area (Å²) in [6.07, 6.45) is 19.8. The van der Waals surface area contributed by atoms with Crippen molar-refractivity contribution in [1.29, 1.82) is 0 Å². The van der Waals surface area contributed by atoms with E-state index in [0.29, 0.717) is 0 Å². The first kappa shape index (κ1) is 13.5. The largest absolute Gasteiger partial charge is 0.0917 e. The number of rotatable bonds is 9. The minimum absolute atomic E-state index is 1.27. The van der Waals surface area contributed by atoms with Crippen LogP contribution >= 0.6 is 0 Å². The molecule has 0 aromatic carbocycles. The van der Waals surface area contributed by atoms with Crippen molar-refractivity contribution in [3.05, 3.63) is 24.3 Å². The van der Waals surface area contributed by atoms with E-state index in [4.69, 9.17) is 0 Å². The molecule has 0 radical (unpaired) electrons. The van der Waals surface area contributed by atoms with Crippen LogP contribution < -0.4 is 0 Å². The standard InChI is InChI=1S/C14H26/c1-3-5-7-9-11-13-14-12-10-8-6-4-2/h3-6H,7-14H2,1-2H3/b5-3-,6-4-. The van der Waals surface area contributed by atoms with Crippen LogP contribution in [0.4, 0.5) is 0 Å². The van der Waals surface area contributed by atoms with Gasteiger partial charge in [-0.05, 0) is 39.5 Å². The van der Waals surface area contributed by atoms with Crippen molar-refractivity contribution in [3.8, 4) is 0 Å². The quantitative estimate of drug-likeness (QED) is 0.347. The first-order valence-corrected chi connectivity index (χ1v) is 6.14. The van der Waals surface area contributed by atoms with Crippen LogP contribution in [0.3, 0.4) is 0 Å². The molecule has 0 unspecified atom stereocenters. The zero-order valence-corrected chi connectivity index (χ0v) is 9.97. The molecule has 14 heavy (non-hydrogen) atoms. The van der Waals surface area contributed by atoms with Gasteiger partial charge in [0.1, 0.15) is 0 Å². The van der Waals surface area contributed by atoms with Crippen molar-refractivity contribution < 1.29 is 0 Å². The Kier molecular flexibility index (Phi) is 12.0. The molecule has 0 N–H and O–H groups in total. The van der Waals surface area contributed by atoms with E-state index in [1.807, 2.05) is 0 Å². The van der Waals surface area contributed by atoms with Crippen LogP contribution in [0.2, 0.25) is 0 Å². The third kappa shape index (κ3) is 11.5. The van der Waals surface area contributed by atoms with E-state index in [0.717, 1.165) is 0 Å². The second-order valence-electron chi connectivity index (χ2n) is 3.84. The van der Waals surface area contributed by atoms with Crippen LogP contribution in [0, 0.1) is 0 Å². The molecule has 0 aliphatic rings. The van der Waals surface area contributed by atoms with E-state index < -0.39 is 0 Å². The summed E-state index contributed by atoms with van der Waals surface area (Å²) in [5.41, 5.74) is 0. The Hall–Kier alpha value is -0.520. The topological polar surface area (TPSA) is 0 Å². The Morgan fingerprint density at radius 1 is 0.571 bits per heavy atom. The molecular weight excluding hydrogens is 168 g/mol. The molecule has 82 valence electrons. The lowest BCUT2D eigenvalue weighted by Gasteiger charge is -1.98. The summed E-state index contributed by atoms with van der Waals surface area (Å²) < 4.78 is 0. The Labute approximate surface area is 90.1 Å². The Balaban J connectivity index is 2.92. The third-order valence-electron chi connectivity index (χ3n) is 2.46. The molecule has 0 saturated carbocycles. The summed E-state index contributed by atoms with van der Waals surface area (Å²) in [6, 6.07) is 0. The highest BCUT2D eigenvalue weighted by atomic mass is 14.0. The maximum absolute atomic E-state index is 2.27. The van der Waals surface area contributed by atoms with Gasteiger partial charge in [0.25, 0.3) is 0 Å². The fraction of sp³-hybridized carbons (Fsp3) is 0.714. The lowest BCUT2D eigenvalue weighted by Crippen LogP contribution is -1.79. The Morgan fingerprint density at radius 2 is 0.929 bits per heavy atom. The average Bonchev–Trinajstić information content (AvgIpc) is 2.21. The number of hydrogen-bond donors (Lipinski definition) is 0. The summed E-state index contributed by atoms with van der Waals surface area (Å²) in [4.78, 5) is 0. The van der Waals surface area contributed by atoms with Crippen molar-refractivity contribution in [2.75, 3.05) is 0 Å². The molecule has 0 atom stereocenters. The molecule has 0 saturated heterocycles. The molecule has 0 rings (SSSR count). The second kappa shape index (κ2) is 12.5. The smallest absolute Gasteiger partial charge is 0.0351 e. The third-order valence-corrected chi connectivity index (χ3v) is 2.46. The fourth-order valence-corrected chi connectivity index (χ4v) is 1.56. The zero-order valence-electron chi connectivity index (χ0n) is 9.97. The highest BCUT2D eigenvalue weighted by Crippen LogP contribution is 2.08. The summed E-state index contributed by atoms with van der Waals surface area (Å²) in [7, 11) is 0. The predicted octanol–water partition coefficient (Wildman–Crippen LogP) is 5.26. The number of unbranched alkanes of at least 4 members (excludes halogenated alkanes) is 7. The molecule has 0 aromatic rings. The lowest BCUT2D eigenvalue weighted by atomic mass is 10.1. The molecule has 0 nitrogen and oxygen atoms in total. The number of allylic oxidation sites excluding steroid dienone is 4. The molecule has 0 heteroatoms. The molecule has 0 aliphatic heterocycles. The van der Waals surface area contributed by atoms with Gasteiger partial charge in [0.2, 0.25) is 0 Å². The Bertz CT molecular complexity index is 124. The SMILES string of the molecule is C/C=C\CCCCCCCC/C=C\C. The first-order chi connectivity index (χ1) is 6.91. The van der Waals surface area contributed by atoms with Gasteiger partial charge in [0.15, 0.2) is 0 Å². The van der Waals surface area contributed by atoms with E-state index in [-0.39, 0.29) is 0 Å². The maximum atomic E-state index is 2.27. The van der Waals surface area contributed by atoms with Gasteiger partial charge in [0.05, 0.1) is 0 Å². The van der Waals surface area contributed by atoms with Crippen LogP contribution in [-0.4, -0.2) is 0 Å². The maximum Gasteiger partial charge on any atom is -0.0351 e. The molecule has 0 amide bonds. The Morgan fingerprint density at radius 3 is 1.29 bits per heavy atom. The lowest BCUT2D eigenvalue weighted by molar-refractivity contribution is 0.600. The molecule has 0 aromatic heterocycles. The molecule has 0 spiro atoms. The molecule has 0 heterocycles. The molecule has 0 bridgehead atoms. The van der Waals surface area contributed by atoms with E-state index in [1.54, 1.807) is 0 Å². The van der Waals surface area contributed by atoms with E-state index in [9.17, 15) is 0 Å². The van der Waals surface area contributed by atoms with Gasteiger partial charge in [-0.25, -0.2) is 0 Å². The van der Waals surface area contributed by atoms with Crippen LogP contribution in [0.5, 0.6) is 0 Å². The monoisotopic (exact) mass is 194 g/mol. The molecular formula is C14H26. The van der Waals surface area contributed by atoms with Crippen LogP contribution in [0.25, 0.3) is 0 Å². The molecule has 0 aliphatic carbocycles. The van der Waals surface area contributed by atoms with Crippen molar-refractivity contribution >= 4 is 0 Å². The van der Waals surface area contributed by atoms with Crippen molar-refractivity contribution in [1.82, 2.24) is 0 Å².